The van der Waals surface area contributed by atoms with Crippen molar-refractivity contribution < 1.29 is 17.9 Å². The average Bonchev–Trinajstić information content (AvgIpc) is 2.29. The van der Waals surface area contributed by atoms with Crippen molar-refractivity contribution in [2.24, 2.45) is 0 Å². The smallest absolute Gasteiger partial charge is 0.292 e. The zero-order valence-corrected chi connectivity index (χ0v) is 11.1. The summed E-state index contributed by atoms with van der Waals surface area (Å²) in [4.78, 5) is 0. The summed E-state index contributed by atoms with van der Waals surface area (Å²) >= 11 is 0. The first-order valence-corrected chi connectivity index (χ1v) is 6.97. The maximum atomic E-state index is 11.6. The van der Waals surface area contributed by atoms with Crippen LogP contribution in [0.1, 0.15) is 64.2 Å². The molecule has 0 aliphatic heterocycles. The maximum Gasteiger partial charge on any atom is 0.522 e. The lowest BCUT2D eigenvalue weighted by atomic mass is 9.98. The highest BCUT2D eigenvalue weighted by Crippen LogP contribution is 2.17. The Morgan fingerprint density at radius 2 is 1.06 bits per heavy atom. The molecule has 0 saturated heterocycles. The molecular formula is C13H24BF3O. The van der Waals surface area contributed by atoms with Crippen molar-refractivity contribution in [1.82, 2.24) is 0 Å². The van der Waals surface area contributed by atoms with Gasteiger partial charge in [-0.3, -0.25) is 4.74 Å². The van der Waals surface area contributed by atoms with Crippen molar-refractivity contribution in [2.45, 2.75) is 76.9 Å². The number of rotatable bonds is 12. The Morgan fingerprint density at radius 1 is 0.667 bits per heavy atom. The minimum atomic E-state index is -4.47. The van der Waals surface area contributed by atoms with Crippen LogP contribution in [0.3, 0.4) is 0 Å². The molecule has 0 aromatic carbocycles. The third-order valence-electron chi connectivity index (χ3n) is 2.86. The monoisotopic (exact) mass is 264 g/mol. The quantitative estimate of drug-likeness (QED) is 0.355. The van der Waals surface area contributed by atoms with Crippen LogP contribution in [0.5, 0.6) is 0 Å². The number of ether oxygens (including phenoxy) is 1. The molecule has 106 valence electrons. The summed E-state index contributed by atoms with van der Waals surface area (Å²) in [7, 11) is 5.40. The molecule has 0 aliphatic carbocycles. The highest BCUT2D eigenvalue weighted by molar-refractivity contribution is 6.08. The van der Waals surface area contributed by atoms with Gasteiger partial charge in [0.15, 0.2) is 0 Å². The molecule has 0 saturated carbocycles. The predicted octanol–water partition coefficient (Wildman–Crippen LogP) is 5.01. The molecule has 0 aliphatic rings. The Labute approximate surface area is 110 Å². The second kappa shape index (κ2) is 11.9. The van der Waals surface area contributed by atoms with Crippen LogP contribution in [0.15, 0.2) is 0 Å². The number of unbranched alkanes of at least 4 members (excludes halogenated alkanes) is 9. The third kappa shape index (κ3) is 15.8. The molecule has 5 heteroatoms. The molecule has 0 atom stereocenters. The van der Waals surface area contributed by atoms with Crippen molar-refractivity contribution in [3.63, 3.8) is 0 Å². The van der Waals surface area contributed by atoms with Gasteiger partial charge in [0.05, 0.1) is 14.5 Å². The second-order valence-corrected chi connectivity index (χ2v) is 4.62. The van der Waals surface area contributed by atoms with E-state index in [0.29, 0.717) is 6.42 Å². The van der Waals surface area contributed by atoms with Gasteiger partial charge in [-0.05, 0) is 6.42 Å². The van der Waals surface area contributed by atoms with E-state index in [1.165, 1.54) is 32.1 Å². The van der Waals surface area contributed by atoms with E-state index in [-0.39, 0.29) is 6.61 Å². The van der Waals surface area contributed by atoms with Crippen molar-refractivity contribution in [3.8, 4) is 0 Å². The van der Waals surface area contributed by atoms with E-state index < -0.39 is 6.36 Å². The normalized spacial score (nSPS) is 11.9. The van der Waals surface area contributed by atoms with Crippen LogP contribution < -0.4 is 0 Å². The van der Waals surface area contributed by atoms with Crippen molar-refractivity contribution in [3.05, 3.63) is 0 Å². The van der Waals surface area contributed by atoms with E-state index >= 15 is 0 Å². The van der Waals surface area contributed by atoms with E-state index in [1.807, 2.05) is 0 Å². The van der Waals surface area contributed by atoms with E-state index in [1.54, 1.807) is 0 Å². The molecule has 0 unspecified atom stereocenters. The lowest BCUT2D eigenvalue weighted by molar-refractivity contribution is -0.324. The number of hydrogen-bond donors (Lipinski definition) is 0. The molecular weight excluding hydrogens is 240 g/mol. The van der Waals surface area contributed by atoms with Crippen molar-refractivity contribution in [2.75, 3.05) is 6.61 Å². The predicted molar refractivity (Wildman–Crippen MR) is 68.7 cm³/mol. The van der Waals surface area contributed by atoms with Gasteiger partial charge in [0, 0.05) is 0 Å². The van der Waals surface area contributed by atoms with Gasteiger partial charge >= 0.3 is 6.36 Å². The van der Waals surface area contributed by atoms with Crippen LogP contribution in [0.2, 0.25) is 6.32 Å². The highest BCUT2D eigenvalue weighted by Gasteiger charge is 2.28. The molecule has 0 heterocycles. The fourth-order valence-corrected chi connectivity index (χ4v) is 1.85. The van der Waals surface area contributed by atoms with Crippen molar-refractivity contribution >= 4 is 7.85 Å². The van der Waals surface area contributed by atoms with Crippen molar-refractivity contribution in [1.29, 1.82) is 0 Å². The lowest BCUT2D eigenvalue weighted by Crippen LogP contribution is -2.13. The van der Waals surface area contributed by atoms with E-state index in [9.17, 15) is 13.2 Å². The van der Waals surface area contributed by atoms with Gasteiger partial charge in [-0.2, -0.15) is 0 Å². The average molecular weight is 264 g/mol. The Bertz CT molecular complexity index is 174. The SMILES string of the molecule is [B]CCCCCCCCCCCCOC(F)(F)F. The lowest BCUT2D eigenvalue weighted by Gasteiger charge is -2.06. The van der Waals surface area contributed by atoms with E-state index in [2.05, 4.69) is 4.74 Å². The molecule has 0 bridgehead atoms. The Morgan fingerprint density at radius 3 is 1.44 bits per heavy atom. The molecule has 1 nitrogen and oxygen atoms in total. The fraction of sp³-hybridized carbons (Fsp3) is 1.00. The van der Waals surface area contributed by atoms with E-state index in [4.69, 9.17) is 7.85 Å². The molecule has 18 heavy (non-hydrogen) atoms. The van der Waals surface area contributed by atoms with Gasteiger partial charge in [-0.15, -0.1) is 13.2 Å². The first-order valence-electron chi connectivity index (χ1n) is 6.97. The zero-order chi connectivity index (χ0) is 13.7. The largest absolute Gasteiger partial charge is 0.522 e. The minimum absolute atomic E-state index is 0.206. The summed E-state index contributed by atoms with van der Waals surface area (Å²) in [6, 6.07) is 0. The number of alkyl halides is 3. The van der Waals surface area contributed by atoms with Gasteiger partial charge in [-0.1, -0.05) is 64.1 Å². The second-order valence-electron chi connectivity index (χ2n) is 4.62. The third-order valence-corrected chi connectivity index (χ3v) is 2.86. The Kier molecular flexibility index (Phi) is 11.8. The molecule has 0 fully saturated rings. The molecule has 0 rings (SSSR count). The fourth-order valence-electron chi connectivity index (χ4n) is 1.85. The first kappa shape index (κ1) is 17.8. The highest BCUT2D eigenvalue weighted by atomic mass is 19.4. The standard InChI is InChI=1S/C13H24BF3O/c14-11-9-7-5-3-1-2-4-6-8-10-12-18-13(15,16)17/h1-12H2. The molecule has 2 radical (unpaired) electrons. The minimum Gasteiger partial charge on any atom is -0.292 e. The van der Waals surface area contributed by atoms with Crippen LogP contribution >= 0.6 is 0 Å². The van der Waals surface area contributed by atoms with Gasteiger partial charge in [0.25, 0.3) is 0 Å². The Hall–Kier alpha value is -0.185. The molecule has 0 N–H and O–H groups in total. The Balaban J connectivity index is 2.99. The molecule has 0 aromatic rings. The van der Waals surface area contributed by atoms with Crippen LogP contribution in [-0.4, -0.2) is 20.8 Å². The first-order chi connectivity index (χ1) is 8.56. The van der Waals surface area contributed by atoms with Crippen LogP contribution in [0.25, 0.3) is 0 Å². The van der Waals surface area contributed by atoms with Crippen LogP contribution in [0.4, 0.5) is 13.2 Å². The van der Waals surface area contributed by atoms with Gasteiger partial charge in [-0.25, -0.2) is 0 Å². The summed E-state index contributed by atoms with van der Waals surface area (Å²) in [6.07, 6.45) is 6.97. The van der Waals surface area contributed by atoms with Crippen LogP contribution in [-0.2, 0) is 4.74 Å². The number of hydrogen-bond acceptors (Lipinski definition) is 1. The van der Waals surface area contributed by atoms with Crippen LogP contribution in [0, 0.1) is 0 Å². The van der Waals surface area contributed by atoms with Gasteiger partial charge in [0.1, 0.15) is 0 Å². The van der Waals surface area contributed by atoms with Gasteiger partial charge < -0.3 is 0 Å². The summed E-state index contributed by atoms with van der Waals surface area (Å²) in [5, 5.41) is 0. The maximum absolute atomic E-state index is 11.6. The summed E-state index contributed by atoms with van der Waals surface area (Å²) < 4.78 is 38.6. The molecule has 0 spiro atoms. The van der Waals surface area contributed by atoms with Gasteiger partial charge in [0.2, 0.25) is 0 Å². The molecule has 0 aromatic heterocycles. The topological polar surface area (TPSA) is 9.23 Å². The molecule has 0 amide bonds. The zero-order valence-electron chi connectivity index (χ0n) is 11.1. The van der Waals surface area contributed by atoms with E-state index in [0.717, 1.165) is 32.0 Å². The summed E-state index contributed by atoms with van der Waals surface area (Å²) in [6.45, 7) is -0.206. The summed E-state index contributed by atoms with van der Waals surface area (Å²) in [5.74, 6) is 0. The number of halogens is 3. The summed E-state index contributed by atoms with van der Waals surface area (Å²) in [5.41, 5.74) is 0.